The topological polar surface area (TPSA) is 113 Å². The predicted molar refractivity (Wildman–Crippen MR) is 80.5 cm³/mol. The van der Waals surface area contributed by atoms with Crippen LogP contribution in [0.15, 0.2) is 16.3 Å². The van der Waals surface area contributed by atoms with Crippen molar-refractivity contribution >= 4 is 17.5 Å². The highest BCUT2D eigenvalue weighted by atomic mass is 16.4. The van der Waals surface area contributed by atoms with Crippen LogP contribution in [-0.4, -0.2) is 40.3 Å². The minimum absolute atomic E-state index is 0.000429. The van der Waals surface area contributed by atoms with Crippen molar-refractivity contribution in [3.63, 3.8) is 0 Å². The van der Waals surface area contributed by atoms with E-state index in [1.54, 1.807) is 6.92 Å². The fourth-order valence-electron chi connectivity index (χ4n) is 2.55. The number of carbonyl (C=O) groups is 2. The van der Waals surface area contributed by atoms with Crippen molar-refractivity contribution in [3.8, 4) is 0 Å². The highest BCUT2D eigenvalue weighted by Crippen LogP contribution is 2.36. The van der Waals surface area contributed by atoms with Crippen LogP contribution in [0.3, 0.4) is 0 Å². The monoisotopic (exact) mass is 296 g/mol. The van der Waals surface area contributed by atoms with E-state index in [1.807, 2.05) is 13.8 Å². The largest absolute Gasteiger partial charge is 0.511 e. The molecule has 0 heterocycles. The lowest BCUT2D eigenvalue weighted by Crippen LogP contribution is -2.29. The van der Waals surface area contributed by atoms with Gasteiger partial charge in [-0.2, -0.15) is 0 Å². The van der Waals surface area contributed by atoms with Crippen LogP contribution in [0.2, 0.25) is 0 Å². The Morgan fingerprint density at radius 3 is 2.52 bits per heavy atom. The number of rotatable bonds is 6. The molecule has 0 aliphatic heterocycles. The van der Waals surface area contributed by atoms with E-state index >= 15 is 0 Å². The highest BCUT2D eigenvalue weighted by molar-refractivity contribution is 6.22. The van der Waals surface area contributed by atoms with Gasteiger partial charge in [0.2, 0.25) is 0 Å². The number of hydrogen-bond acceptors (Lipinski definition) is 5. The summed E-state index contributed by atoms with van der Waals surface area (Å²) in [5.74, 6) is -1.24. The molecule has 0 unspecified atom stereocenters. The van der Waals surface area contributed by atoms with Crippen molar-refractivity contribution in [1.29, 1.82) is 0 Å². The number of carboxylic acid groups (broad SMARTS) is 1. The van der Waals surface area contributed by atoms with Crippen LogP contribution in [0.25, 0.3) is 0 Å². The van der Waals surface area contributed by atoms with E-state index in [0.29, 0.717) is 32.2 Å². The smallest absolute Gasteiger partial charge is 0.328 e. The fraction of sp³-hybridized carbons (Fsp3) is 0.667. The van der Waals surface area contributed by atoms with Crippen LogP contribution in [0.5, 0.6) is 0 Å². The Bertz CT molecular complexity index is 492. The average Bonchev–Trinajstić information content (AvgIpc) is 2.31. The van der Waals surface area contributed by atoms with Crippen molar-refractivity contribution in [2.75, 3.05) is 6.54 Å². The van der Waals surface area contributed by atoms with Gasteiger partial charge in [-0.3, -0.25) is 9.79 Å². The van der Waals surface area contributed by atoms with E-state index in [2.05, 4.69) is 4.99 Å². The number of Topliss-reactive ketones (excluding diaryl/α,β-unsaturated/α-hetero) is 1. The molecule has 0 aromatic carbocycles. The SMILES string of the molecule is CC(=N[C@H](CCCN)C(=O)O)C1=C(O)CC(C)(C)CC1=O. The van der Waals surface area contributed by atoms with E-state index in [4.69, 9.17) is 10.8 Å². The first-order chi connectivity index (χ1) is 9.68. The summed E-state index contributed by atoms with van der Waals surface area (Å²) < 4.78 is 0. The maximum Gasteiger partial charge on any atom is 0.328 e. The summed E-state index contributed by atoms with van der Waals surface area (Å²) in [5.41, 5.74) is 5.56. The van der Waals surface area contributed by atoms with Crippen LogP contribution in [0.1, 0.15) is 46.5 Å². The third kappa shape index (κ3) is 4.67. The van der Waals surface area contributed by atoms with Gasteiger partial charge in [0, 0.05) is 18.6 Å². The minimum Gasteiger partial charge on any atom is -0.511 e. The van der Waals surface area contributed by atoms with Gasteiger partial charge in [0.05, 0.1) is 5.57 Å². The second-order valence-electron chi connectivity index (χ2n) is 6.26. The number of ketones is 1. The van der Waals surface area contributed by atoms with Crippen molar-refractivity contribution in [1.82, 2.24) is 0 Å². The second kappa shape index (κ2) is 6.85. The number of hydrogen-bond donors (Lipinski definition) is 3. The Hall–Kier alpha value is -1.69. The van der Waals surface area contributed by atoms with Crippen LogP contribution < -0.4 is 5.73 Å². The molecule has 0 aromatic heterocycles. The molecule has 0 bridgehead atoms. The summed E-state index contributed by atoms with van der Waals surface area (Å²) >= 11 is 0. The van der Waals surface area contributed by atoms with Crippen LogP contribution >= 0.6 is 0 Å². The summed E-state index contributed by atoms with van der Waals surface area (Å²) in [5, 5.41) is 19.2. The molecule has 0 saturated carbocycles. The number of aliphatic imine (C=N–C) groups is 1. The number of aliphatic carboxylic acids is 1. The van der Waals surface area contributed by atoms with Gasteiger partial charge in [0.25, 0.3) is 0 Å². The normalized spacial score (nSPS) is 20.6. The van der Waals surface area contributed by atoms with Gasteiger partial charge < -0.3 is 15.9 Å². The van der Waals surface area contributed by atoms with Crippen molar-refractivity contribution in [3.05, 3.63) is 11.3 Å². The predicted octanol–water partition coefficient (Wildman–Crippen LogP) is 1.84. The number of carboxylic acids is 1. The van der Waals surface area contributed by atoms with Gasteiger partial charge in [-0.05, 0) is 31.7 Å². The molecular weight excluding hydrogens is 272 g/mol. The van der Waals surface area contributed by atoms with Gasteiger partial charge in [-0.15, -0.1) is 0 Å². The summed E-state index contributed by atoms with van der Waals surface area (Å²) in [6.45, 7) is 5.77. The van der Waals surface area contributed by atoms with Crippen molar-refractivity contribution in [2.45, 2.75) is 52.5 Å². The molecule has 1 atom stereocenters. The van der Waals surface area contributed by atoms with Gasteiger partial charge >= 0.3 is 5.97 Å². The summed E-state index contributed by atoms with van der Waals surface area (Å²) in [6, 6.07) is -0.934. The lowest BCUT2D eigenvalue weighted by Gasteiger charge is -2.29. The Morgan fingerprint density at radius 1 is 1.43 bits per heavy atom. The fourth-order valence-corrected chi connectivity index (χ4v) is 2.55. The molecule has 6 nitrogen and oxygen atoms in total. The Balaban J connectivity index is 3.04. The first-order valence-corrected chi connectivity index (χ1v) is 7.11. The van der Waals surface area contributed by atoms with Gasteiger partial charge in [-0.1, -0.05) is 13.8 Å². The molecule has 0 aromatic rings. The molecule has 1 aliphatic rings. The molecular formula is C15H24N2O4. The van der Waals surface area contributed by atoms with Gasteiger partial charge in [0.15, 0.2) is 5.78 Å². The zero-order valence-corrected chi connectivity index (χ0v) is 12.8. The van der Waals surface area contributed by atoms with Crippen LogP contribution in [-0.2, 0) is 9.59 Å². The third-order valence-corrected chi connectivity index (χ3v) is 3.53. The van der Waals surface area contributed by atoms with Crippen LogP contribution in [0.4, 0.5) is 0 Å². The van der Waals surface area contributed by atoms with Crippen LogP contribution in [0, 0.1) is 5.41 Å². The van der Waals surface area contributed by atoms with Crippen molar-refractivity contribution in [2.24, 2.45) is 16.1 Å². The molecule has 0 radical (unpaired) electrons. The summed E-state index contributed by atoms with van der Waals surface area (Å²) in [4.78, 5) is 27.4. The molecule has 0 saturated heterocycles. The lowest BCUT2D eigenvalue weighted by molar-refractivity contribution is -0.138. The Morgan fingerprint density at radius 2 is 2.05 bits per heavy atom. The van der Waals surface area contributed by atoms with E-state index in [0.717, 1.165) is 0 Å². The molecule has 4 N–H and O–H groups in total. The van der Waals surface area contributed by atoms with E-state index < -0.39 is 12.0 Å². The second-order valence-corrected chi connectivity index (χ2v) is 6.26. The number of nitrogens with zero attached hydrogens (tertiary/aromatic N) is 1. The average molecular weight is 296 g/mol. The van der Waals surface area contributed by atoms with E-state index in [1.165, 1.54) is 0 Å². The number of carbonyl (C=O) groups excluding carboxylic acids is 1. The first kappa shape index (κ1) is 17.4. The number of aliphatic hydroxyl groups is 1. The standard InChI is InChI=1S/C15H24N2O4/c1-9(17-10(14(20)21)5-4-6-16)13-11(18)7-15(2,3)8-12(13)19/h10,18H,4-8,16H2,1-3H3,(H,20,21)/t10-/m1/s1. The van der Waals surface area contributed by atoms with E-state index in [-0.39, 0.29) is 28.2 Å². The zero-order valence-electron chi connectivity index (χ0n) is 12.8. The Labute approximate surface area is 124 Å². The molecule has 0 fully saturated rings. The number of aliphatic hydroxyl groups excluding tert-OH is 1. The lowest BCUT2D eigenvalue weighted by atomic mass is 9.76. The number of allylic oxidation sites excluding steroid dienone is 2. The minimum atomic E-state index is -1.05. The maximum atomic E-state index is 12.2. The summed E-state index contributed by atoms with van der Waals surface area (Å²) in [7, 11) is 0. The molecule has 21 heavy (non-hydrogen) atoms. The first-order valence-electron chi connectivity index (χ1n) is 7.11. The highest BCUT2D eigenvalue weighted by Gasteiger charge is 2.34. The quantitative estimate of drug-likeness (QED) is 0.647. The molecule has 1 rings (SSSR count). The third-order valence-electron chi connectivity index (χ3n) is 3.53. The van der Waals surface area contributed by atoms with Crippen molar-refractivity contribution < 1.29 is 19.8 Å². The molecule has 6 heteroatoms. The molecule has 0 amide bonds. The van der Waals surface area contributed by atoms with Gasteiger partial charge in [-0.25, -0.2) is 4.79 Å². The van der Waals surface area contributed by atoms with E-state index in [9.17, 15) is 14.7 Å². The number of nitrogens with two attached hydrogens (primary N) is 1. The Kier molecular flexibility index (Phi) is 5.66. The maximum absolute atomic E-state index is 12.2. The van der Waals surface area contributed by atoms with Gasteiger partial charge in [0.1, 0.15) is 11.8 Å². The molecule has 118 valence electrons. The summed E-state index contributed by atoms with van der Waals surface area (Å²) in [6.07, 6.45) is 1.57. The molecule has 0 spiro atoms. The molecule has 1 aliphatic carbocycles. The zero-order chi connectivity index (χ0) is 16.2.